The number of ether oxygens (including phenoxy) is 1. The summed E-state index contributed by atoms with van der Waals surface area (Å²) in [6.07, 6.45) is 1.93. The van der Waals surface area contributed by atoms with Crippen LogP contribution < -0.4 is 10.4 Å². The summed E-state index contributed by atoms with van der Waals surface area (Å²) < 4.78 is 21.2. The fourth-order valence-electron chi connectivity index (χ4n) is 4.16. The lowest BCUT2D eigenvalue weighted by Crippen LogP contribution is -2.67. The van der Waals surface area contributed by atoms with Crippen molar-refractivity contribution in [3.8, 4) is 0 Å². The number of benzene rings is 2. The van der Waals surface area contributed by atoms with Gasteiger partial charge in [0.05, 0.1) is 12.7 Å². The van der Waals surface area contributed by atoms with Gasteiger partial charge in [0.1, 0.15) is 0 Å². The van der Waals surface area contributed by atoms with E-state index in [4.69, 9.17) is 13.6 Å². The highest BCUT2D eigenvalue weighted by molar-refractivity contribution is 14.1. The zero-order valence-corrected chi connectivity index (χ0v) is 27.4. The lowest BCUT2D eigenvalue weighted by atomic mass is 10.2. The first-order valence-electron chi connectivity index (χ1n) is 12.9. The predicted octanol–water partition coefficient (Wildman–Crippen LogP) is 7.19. The van der Waals surface area contributed by atoms with Crippen LogP contribution in [-0.4, -0.2) is 47.0 Å². The maximum atomic E-state index is 7.18. The zero-order valence-electron chi connectivity index (χ0n) is 23.2. The van der Waals surface area contributed by atoms with Crippen molar-refractivity contribution in [3.63, 3.8) is 0 Å². The highest BCUT2D eigenvalue weighted by atomic mass is 127. The third kappa shape index (κ3) is 8.24. The molecule has 0 aliphatic carbocycles. The van der Waals surface area contributed by atoms with Gasteiger partial charge in [-0.1, -0.05) is 125 Å². The second-order valence-electron chi connectivity index (χ2n) is 11.9. The first kappa shape index (κ1) is 30.7. The summed E-state index contributed by atoms with van der Waals surface area (Å²) in [4.78, 5) is 0. The SMILES string of the molecule is CC(C)(C)[Si](C)(C)OCCC(CO[Si](c1ccccc1)(c1ccccc1)C(C)(C)C)OCCCI. The quantitative estimate of drug-likeness (QED) is 0.102. The minimum Gasteiger partial charge on any atom is -0.417 e. The summed E-state index contributed by atoms with van der Waals surface area (Å²) in [5.41, 5.74) is 0. The standard InChI is InChI=1S/C29H47IO3Si2/c1-28(2,3)34(7,8)32-23-20-25(31-22-15-21-30)24-33-35(29(4,5)6,26-16-11-9-12-17-26)27-18-13-10-14-19-27/h9-14,16-19,25H,15,20-24H2,1-8H3. The molecule has 2 aromatic carbocycles. The van der Waals surface area contributed by atoms with Crippen LogP contribution >= 0.6 is 22.6 Å². The average molecular weight is 627 g/mol. The Morgan fingerprint density at radius 3 is 1.69 bits per heavy atom. The average Bonchev–Trinajstić information content (AvgIpc) is 2.79. The summed E-state index contributed by atoms with van der Waals surface area (Å²) in [6.45, 7) is 20.5. The van der Waals surface area contributed by atoms with Gasteiger partial charge in [0.25, 0.3) is 8.32 Å². The van der Waals surface area contributed by atoms with Crippen molar-refractivity contribution < 1.29 is 13.6 Å². The van der Waals surface area contributed by atoms with Gasteiger partial charge < -0.3 is 13.6 Å². The van der Waals surface area contributed by atoms with E-state index in [1.54, 1.807) is 0 Å². The van der Waals surface area contributed by atoms with Crippen LogP contribution in [0.25, 0.3) is 0 Å². The fraction of sp³-hybridized carbons (Fsp3) is 0.586. The molecule has 0 aliphatic heterocycles. The molecule has 6 heteroatoms. The van der Waals surface area contributed by atoms with Gasteiger partial charge >= 0.3 is 0 Å². The van der Waals surface area contributed by atoms with Gasteiger partial charge in [0.15, 0.2) is 8.32 Å². The number of halogens is 1. The van der Waals surface area contributed by atoms with Crippen LogP contribution in [0.4, 0.5) is 0 Å². The van der Waals surface area contributed by atoms with E-state index in [1.807, 2.05) is 0 Å². The van der Waals surface area contributed by atoms with E-state index in [2.05, 4.69) is 138 Å². The maximum absolute atomic E-state index is 7.18. The Kier molecular flexibility index (Phi) is 11.7. The van der Waals surface area contributed by atoms with E-state index in [0.717, 1.165) is 30.5 Å². The molecule has 0 spiro atoms. The third-order valence-corrected chi connectivity index (χ3v) is 17.5. The van der Waals surface area contributed by atoms with E-state index in [-0.39, 0.29) is 16.2 Å². The summed E-state index contributed by atoms with van der Waals surface area (Å²) in [5, 5.41) is 2.78. The maximum Gasteiger partial charge on any atom is 0.261 e. The van der Waals surface area contributed by atoms with E-state index in [1.165, 1.54) is 10.4 Å². The van der Waals surface area contributed by atoms with Crippen LogP contribution in [-0.2, 0) is 13.6 Å². The van der Waals surface area contributed by atoms with Crippen molar-refractivity contribution in [3.05, 3.63) is 60.7 Å². The molecule has 0 fully saturated rings. The molecular formula is C29H47IO3Si2. The Bertz CT molecular complexity index is 821. The molecule has 0 saturated carbocycles. The van der Waals surface area contributed by atoms with Crippen molar-refractivity contribution >= 4 is 49.6 Å². The minimum atomic E-state index is -2.58. The molecule has 0 heterocycles. The van der Waals surface area contributed by atoms with Gasteiger partial charge in [-0.05, 0) is 46.4 Å². The Hall–Kier alpha value is -0.516. The summed E-state index contributed by atoms with van der Waals surface area (Å²) in [6, 6.07) is 21.7. The summed E-state index contributed by atoms with van der Waals surface area (Å²) in [5.74, 6) is 0. The Morgan fingerprint density at radius 1 is 0.743 bits per heavy atom. The van der Waals surface area contributed by atoms with E-state index < -0.39 is 16.6 Å². The lowest BCUT2D eigenvalue weighted by Gasteiger charge is -2.43. The molecule has 1 unspecified atom stereocenters. The van der Waals surface area contributed by atoms with Gasteiger partial charge in [-0.3, -0.25) is 0 Å². The molecule has 1 atom stereocenters. The first-order valence-corrected chi connectivity index (χ1v) is 19.3. The van der Waals surface area contributed by atoms with Crippen LogP contribution in [0.5, 0.6) is 0 Å². The van der Waals surface area contributed by atoms with Crippen molar-refractivity contribution in [2.45, 2.75) is 83.7 Å². The lowest BCUT2D eigenvalue weighted by molar-refractivity contribution is 0.00534. The van der Waals surface area contributed by atoms with Crippen LogP contribution in [0.1, 0.15) is 54.4 Å². The van der Waals surface area contributed by atoms with Crippen LogP contribution in [0.15, 0.2) is 60.7 Å². The Labute approximate surface area is 230 Å². The zero-order chi connectivity index (χ0) is 26.2. The van der Waals surface area contributed by atoms with Gasteiger partial charge in [-0.25, -0.2) is 0 Å². The molecule has 3 nitrogen and oxygen atoms in total. The molecule has 0 N–H and O–H groups in total. The van der Waals surface area contributed by atoms with Crippen molar-refractivity contribution in [2.75, 3.05) is 24.2 Å². The van der Waals surface area contributed by atoms with Crippen molar-refractivity contribution in [2.24, 2.45) is 0 Å². The van der Waals surface area contributed by atoms with Crippen LogP contribution in [0.2, 0.25) is 23.2 Å². The Balaban J connectivity index is 2.31. The van der Waals surface area contributed by atoms with E-state index >= 15 is 0 Å². The van der Waals surface area contributed by atoms with Crippen molar-refractivity contribution in [1.29, 1.82) is 0 Å². The van der Waals surface area contributed by atoms with Gasteiger partial charge in [0, 0.05) is 17.6 Å². The molecule has 196 valence electrons. The highest BCUT2D eigenvalue weighted by Gasteiger charge is 2.50. The highest BCUT2D eigenvalue weighted by Crippen LogP contribution is 2.38. The number of alkyl halides is 1. The monoisotopic (exact) mass is 626 g/mol. The van der Waals surface area contributed by atoms with Gasteiger partial charge in [-0.15, -0.1) is 0 Å². The number of hydrogen-bond donors (Lipinski definition) is 0. The normalized spacial score (nSPS) is 14.2. The van der Waals surface area contributed by atoms with E-state index in [0.29, 0.717) is 6.61 Å². The molecular weight excluding hydrogens is 579 g/mol. The number of hydrogen-bond acceptors (Lipinski definition) is 3. The summed E-state index contributed by atoms with van der Waals surface area (Å²) in [7, 11) is -4.37. The minimum absolute atomic E-state index is 0.0179. The summed E-state index contributed by atoms with van der Waals surface area (Å²) >= 11 is 2.42. The smallest absolute Gasteiger partial charge is 0.261 e. The molecule has 0 aliphatic rings. The van der Waals surface area contributed by atoms with Crippen LogP contribution in [0, 0.1) is 0 Å². The number of rotatable bonds is 13. The van der Waals surface area contributed by atoms with E-state index in [9.17, 15) is 0 Å². The second-order valence-corrected chi connectivity index (χ2v) is 22.1. The molecule has 0 saturated heterocycles. The molecule has 0 aromatic heterocycles. The largest absolute Gasteiger partial charge is 0.417 e. The topological polar surface area (TPSA) is 27.7 Å². The molecule has 0 bridgehead atoms. The first-order chi connectivity index (χ1) is 16.3. The van der Waals surface area contributed by atoms with Gasteiger partial charge in [-0.2, -0.15) is 0 Å². The van der Waals surface area contributed by atoms with Gasteiger partial charge in [0.2, 0.25) is 0 Å². The third-order valence-electron chi connectivity index (χ3n) is 7.24. The predicted molar refractivity (Wildman–Crippen MR) is 165 cm³/mol. The van der Waals surface area contributed by atoms with Crippen LogP contribution in [0.3, 0.4) is 0 Å². The molecule has 2 aromatic rings. The molecule has 0 radical (unpaired) electrons. The molecule has 35 heavy (non-hydrogen) atoms. The Morgan fingerprint density at radius 2 is 1.26 bits per heavy atom. The van der Waals surface area contributed by atoms with Crippen molar-refractivity contribution in [1.82, 2.24) is 0 Å². The molecule has 0 amide bonds. The molecule has 2 rings (SSSR count). The fourth-order valence-corrected chi connectivity index (χ4v) is 10.1. The second kappa shape index (κ2) is 13.3.